The average Bonchev–Trinajstić information content (AvgIpc) is 3.69. The van der Waals surface area contributed by atoms with Crippen molar-refractivity contribution in [2.75, 3.05) is 46.0 Å². The van der Waals surface area contributed by atoms with E-state index in [1.807, 2.05) is 11.8 Å². The minimum Gasteiger partial charge on any atom is -0.467 e. The molecule has 0 aliphatic carbocycles. The molecule has 2 aromatic heterocycles. The minimum atomic E-state index is -4.72. The van der Waals surface area contributed by atoms with Crippen LogP contribution in [0.4, 0.5) is 31.5 Å². The number of alkyl halides is 4. The molecule has 3 saturated heterocycles. The van der Waals surface area contributed by atoms with Crippen LogP contribution in [0, 0.1) is 17.7 Å². The monoisotopic (exact) mass is 824 g/mol. The Labute approximate surface area is 337 Å². The van der Waals surface area contributed by atoms with E-state index in [1.54, 1.807) is 62.1 Å². The van der Waals surface area contributed by atoms with Crippen molar-refractivity contribution in [3.05, 3.63) is 54.0 Å². The number of nitrogens with zero attached hydrogens (tertiary/aromatic N) is 5. The first-order chi connectivity index (χ1) is 27.9. The predicted molar refractivity (Wildman–Crippen MR) is 207 cm³/mol. The maximum absolute atomic E-state index is 16.7. The first-order valence-electron chi connectivity index (χ1n) is 19.4. The van der Waals surface area contributed by atoms with Gasteiger partial charge in [0.1, 0.15) is 29.6 Å². The number of amides is 2. The summed E-state index contributed by atoms with van der Waals surface area (Å²) in [6.07, 6.45) is -2.82. The number of pyridine rings is 1. The molecule has 314 valence electrons. The zero-order valence-corrected chi connectivity index (χ0v) is 33.2. The van der Waals surface area contributed by atoms with E-state index in [4.69, 9.17) is 18.9 Å². The van der Waals surface area contributed by atoms with Crippen LogP contribution in [-0.2, 0) is 9.47 Å². The molecule has 2 aromatic carbocycles. The highest BCUT2D eigenvalue weighted by Crippen LogP contribution is 2.41. The number of carbonyl (C=O) groups is 2. The molecule has 0 spiro atoms. The van der Waals surface area contributed by atoms with Gasteiger partial charge < -0.3 is 29.2 Å². The lowest BCUT2D eigenvalue weighted by Crippen LogP contribution is -2.58. The zero-order valence-electron chi connectivity index (χ0n) is 33.2. The summed E-state index contributed by atoms with van der Waals surface area (Å²) in [5.41, 5.74) is -1.82. The van der Waals surface area contributed by atoms with Crippen LogP contribution in [0.25, 0.3) is 32.9 Å². The second-order valence-electron chi connectivity index (χ2n) is 16.5. The summed E-state index contributed by atoms with van der Waals surface area (Å²) in [5, 5.41) is 3.83. The van der Waals surface area contributed by atoms with Gasteiger partial charge >= 0.3 is 24.4 Å². The van der Waals surface area contributed by atoms with Crippen LogP contribution in [0.1, 0.15) is 65.4 Å². The van der Waals surface area contributed by atoms with Gasteiger partial charge in [0.15, 0.2) is 19.0 Å². The predicted octanol–water partition coefficient (Wildman–Crippen LogP) is 7.75. The number of likely N-dealkylation sites (tertiary alicyclic amines) is 1. The SMILES string of the molecule is CC(C)(C)OC(=O)N1CCC[C@@](C)(NC(=O)OCC#Cc2cccc3cccc(-c4ncc5c(OCC(F)(F)F)nc(OC[C@@]67CCCN6C[C@H](F)C7)nc5c4F)c23)C1. The van der Waals surface area contributed by atoms with Crippen molar-refractivity contribution in [2.24, 2.45) is 0 Å². The normalized spacial score (nSPS) is 22.1. The van der Waals surface area contributed by atoms with Crippen LogP contribution < -0.4 is 14.8 Å². The van der Waals surface area contributed by atoms with E-state index in [0.29, 0.717) is 54.3 Å². The summed E-state index contributed by atoms with van der Waals surface area (Å²) < 4.78 is 92.8. The molecule has 3 atom stereocenters. The first-order valence-corrected chi connectivity index (χ1v) is 19.4. The number of fused-ring (bicyclic) bond motifs is 3. The number of rotatable bonds is 8. The molecular formula is C42H45F5N6O6. The van der Waals surface area contributed by atoms with Gasteiger partial charge in [0.2, 0.25) is 5.88 Å². The Morgan fingerprint density at radius 3 is 2.56 bits per heavy atom. The third-order valence-corrected chi connectivity index (χ3v) is 10.6. The van der Waals surface area contributed by atoms with E-state index in [0.717, 1.165) is 12.6 Å². The second-order valence-corrected chi connectivity index (χ2v) is 16.5. The van der Waals surface area contributed by atoms with Gasteiger partial charge in [-0.05, 0) is 71.4 Å². The number of ether oxygens (including phenoxy) is 4. The van der Waals surface area contributed by atoms with Gasteiger partial charge in [0, 0.05) is 48.8 Å². The van der Waals surface area contributed by atoms with Crippen molar-refractivity contribution >= 4 is 33.9 Å². The van der Waals surface area contributed by atoms with Gasteiger partial charge in [-0.25, -0.2) is 18.4 Å². The lowest BCUT2D eigenvalue weighted by Gasteiger charge is -2.40. The molecule has 1 N–H and O–H groups in total. The van der Waals surface area contributed by atoms with Gasteiger partial charge in [-0.3, -0.25) is 9.88 Å². The summed E-state index contributed by atoms with van der Waals surface area (Å²) in [4.78, 5) is 41.7. The molecule has 0 unspecified atom stereocenters. The Morgan fingerprint density at radius 1 is 1.03 bits per heavy atom. The first kappa shape index (κ1) is 41.7. The van der Waals surface area contributed by atoms with Gasteiger partial charge in [-0.15, -0.1) is 0 Å². The Morgan fingerprint density at radius 2 is 1.80 bits per heavy atom. The van der Waals surface area contributed by atoms with E-state index in [9.17, 15) is 27.2 Å². The van der Waals surface area contributed by atoms with Crippen LogP contribution in [0.2, 0.25) is 0 Å². The van der Waals surface area contributed by atoms with Crippen LogP contribution in [0.5, 0.6) is 11.9 Å². The summed E-state index contributed by atoms with van der Waals surface area (Å²) in [7, 11) is 0. The molecule has 7 rings (SSSR count). The third-order valence-electron chi connectivity index (χ3n) is 10.6. The van der Waals surface area contributed by atoms with Crippen molar-refractivity contribution in [1.29, 1.82) is 0 Å². The Bertz CT molecular complexity index is 2310. The topological polar surface area (TPSA) is 128 Å². The summed E-state index contributed by atoms with van der Waals surface area (Å²) in [6, 6.07) is 9.97. The molecule has 2 amide bonds. The molecule has 17 heteroatoms. The van der Waals surface area contributed by atoms with Crippen molar-refractivity contribution < 1.29 is 50.5 Å². The summed E-state index contributed by atoms with van der Waals surface area (Å²) in [6.45, 7) is 6.82. The highest BCUT2D eigenvalue weighted by atomic mass is 19.4. The maximum Gasteiger partial charge on any atom is 0.422 e. The van der Waals surface area contributed by atoms with E-state index in [2.05, 4.69) is 32.1 Å². The lowest BCUT2D eigenvalue weighted by molar-refractivity contribution is -0.153. The molecule has 0 radical (unpaired) electrons. The molecule has 59 heavy (non-hydrogen) atoms. The van der Waals surface area contributed by atoms with E-state index < -0.39 is 65.5 Å². The van der Waals surface area contributed by atoms with Gasteiger partial charge in [0.25, 0.3) is 0 Å². The van der Waals surface area contributed by atoms with Crippen LogP contribution >= 0.6 is 0 Å². The molecule has 3 fully saturated rings. The molecule has 0 bridgehead atoms. The van der Waals surface area contributed by atoms with Gasteiger partial charge in [-0.1, -0.05) is 42.2 Å². The highest BCUT2D eigenvalue weighted by Gasteiger charge is 2.49. The van der Waals surface area contributed by atoms with Crippen LogP contribution in [0.3, 0.4) is 0 Å². The standard InChI is InChI=1S/C42H45F5N6O6/c1-39(2,3)59-38(55)52-17-8-15-40(4,23-52)51-37(54)56-19-7-13-27-11-5-10-26-12-6-14-29(31(26)27)33-32(44)34-30(21-48-33)35(57-25-42(45,46)47)50-36(49-34)58-24-41-16-9-18-53(41)22-28(43)20-41/h5-6,10-12,14,21,28H,8-9,15-20,22-25H2,1-4H3,(H,51,54)/t28-,40-,41+/m1/s1. The molecular weight excluding hydrogens is 779 g/mol. The molecule has 4 aromatic rings. The van der Waals surface area contributed by atoms with Crippen molar-refractivity contribution in [2.45, 2.75) is 88.8 Å². The van der Waals surface area contributed by atoms with Crippen LogP contribution in [0.15, 0.2) is 42.6 Å². The number of nitrogens with one attached hydrogen (secondary N) is 1. The third kappa shape index (κ3) is 9.53. The Balaban J connectivity index is 1.13. The van der Waals surface area contributed by atoms with E-state index >= 15 is 4.39 Å². The molecule has 3 aliphatic heterocycles. The lowest BCUT2D eigenvalue weighted by atomic mass is 9.91. The van der Waals surface area contributed by atoms with E-state index in [-0.39, 0.29) is 49.3 Å². The molecule has 3 aliphatic rings. The van der Waals surface area contributed by atoms with Crippen molar-refractivity contribution in [3.8, 4) is 35.0 Å². The fourth-order valence-electron chi connectivity index (χ4n) is 8.15. The Hall–Kier alpha value is -5.50. The largest absolute Gasteiger partial charge is 0.467 e. The summed E-state index contributed by atoms with van der Waals surface area (Å²) >= 11 is 0. The highest BCUT2D eigenvalue weighted by molar-refractivity contribution is 6.01. The number of benzene rings is 2. The molecule has 12 nitrogen and oxygen atoms in total. The average molecular weight is 825 g/mol. The van der Waals surface area contributed by atoms with Gasteiger partial charge in [0.05, 0.1) is 16.5 Å². The fourth-order valence-corrected chi connectivity index (χ4v) is 8.15. The maximum atomic E-state index is 16.7. The quantitative estimate of drug-likeness (QED) is 0.139. The van der Waals surface area contributed by atoms with E-state index in [1.165, 1.54) is 0 Å². The number of alkyl carbamates (subject to hydrolysis) is 1. The summed E-state index contributed by atoms with van der Waals surface area (Å²) in [5.74, 6) is 4.31. The van der Waals surface area contributed by atoms with Crippen molar-refractivity contribution in [3.63, 3.8) is 0 Å². The number of halogens is 5. The number of aromatic nitrogens is 3. The fraction of sp³-hybridized carbons (Fsp3) is 0.500. The van der Waals surface area contributed by atoms with Crippen LogP contribution in [-0.4, -0.2) is 112 Å². The molecule has 0 saturated carbocycles. The minimum absolute atomic E-state index is 0.0417. The number of hydrogen-bond donors (Lipinski definition) is 1. The molecule has 5 heterocycles. The number of piperidine rings is 1. The van der Waals surface area contributed by atoms with Gasteiger partial charge in [-0.2, -0.15) is 23.1 Å². The smallest absolute Gasteiger partial charge is 0.422 e. The number of hydrogen-bond acceptors (Lipinski definition) is 10. The zero-order chi connectivity index (χ0) is 42.2. The Kier molecular flexibility index (Phi) is 11.5. The van der Waals surface area contributed by atoms with Crippen molar-refractivity contribution in [1.82, 2.24) is 30.1 Å². The number of carbonyl (C=O) groups excluding carboxylic acids is 2. The second kappa shape index (κ2) is 16.3.